The van der Waals surface area contributed by atoms with Gasteiger partial charge in [-0.25, -0.2) is 8.42 Å². The van der Waals surface area contributed by atoms with E-state index < -0.39 is 32.9 Å². The van der Waals surface area contributed by atoms with E-state index in [9.17, 15) is 28.5 Å². The molecule has 1 aliphatic heterocycles. The van der Waals surface area contributed by atoms with Crippen LogP contribution in [-0.2, 0) is 26.7 Å². The summed E-state index contributed by atoms with van der Waals surface area (Å²) in [5, 5.41) is 37.2. The second kappa shape index (κ2) is 8.36. The fourth-order valence-corrected chi connectivity index (χ4v) is 7.84. The highest BCUT2D eigenvalue weighted by molar-refractivity contribution is 7.88. The van der Waals surface area contributed by atoms with Gasteiger partial charge in [-0.1, -0.05) is 13.0 Å². The van der Waals surface area contributed by atoms with E-state index in [2.05, 4.69) is 14.9 Å². The number of rotatable bonds is 6. The van der Waals surface area contributed by atoms with Gasteiger partial charge in [-0.15, -0.1) is 0 Å². The van der Waals surface area contributed by atoms with E-state index >= 15 is 0 Å². The summed E-state index contributed by atoms with van der Waals surface area (Å²) in [6, 6.07) is 2.77. The van der Waals surface area contributed by atoms with Crippen molar-refractivity contribution < 1.29 is 28.5 Å². The fraction of sp³-hybridized carbons (Fsp3) is 0.654. The third-order valence-electron chi connectivity index (χ3n) is 8.78. The molecule has 198 valence electrons. The minimum Gasteiger partial charge on any atom is -0.504 e. The lowest BCUT2D eigenvalue weighted by atomic mass is 9.46. The molecule has 4 aliphatic rings. The molecular weight excluding hydrogens is 482 g/mol. The van der Waals surface area contributed by atoms with Crippen LogP contribution in [0.3, 0.4) is 0 Å². The van der Waals surface area contributed by atoms with Gasteiger partial charge in [0.1, 0.15) is 0 Å². The van der Waals surface area contributed by atoms with Gasteiger partial charge in [0.25, 0.3) is 0 Å². The zero-order valence-electron chi connectivity index (χ0n) is 21.3. The number of carbonyl (C=O) groups is 1. The maximum absolute atomic E-state index is 13.4. The number of carbonyl (C=O) groups excluding carboxylic acids is 1. The van der Waals surface area contributed by atoms with Crippen molar-refractivity contribution in [1.82, 2.24) is 14.9 Å². The minimum atomic E-state index is -3.75. The number of nitrogens with one attached hydrogen (secondary N) is 2. The van der Waals surface area contributed by atoms with Gasteiger partial charge in [0, 0.05) is 53.2 Å². The van der Waals surface area contributed by atoms with Crippen molar-refractivity contribution in [3.63, 3.8) is 0 Å². The first-order valence-corrected chi connectivity index (χ1v) is 14.7. The average Bonchev–Trinajstić information content (AvgIpc) is 3.57. The van der Waals surface area contributed by atoms with Crippen LogP contribution < -0.4 is 10.0 Å². The molecule has 0 unspecified atom stereocenters. The SMILES string of the molecule is CC(C)NC(=O)C1=C(NS(C)(=O)=O)[C@H](C)[C@]23CCN(CC4CC4)[C@H](Cc4ccc(O)c(O)c42)[C@]3(O)C1. The van der Waals surface area contributed by atoms with Crippen molar-refractivity contribution in [3.8, 4) is 11.5 Å². The molecule has 1 aromatic rings. The summed E-state index contributed by atoms with van der Waals surface area (Å²) in [5.41, 5.74) is -0.782. The Labute approximate surface area is 212 Å². The van der Waals surface area contributed by atoms with Crippen molar-refractivity contribution in [1.29, 1.82) is 0 Å². The van der Waals surface area contributed by atoms with E-state index in [-0.39, 0.29) is 41.3 Å². The molecule has 4 atom stereocenters. The number of amides is 1. The number of benzene rings is 1. The molecule has 1 saturated carbocycles. The highest BCUT2D eigenvalue weighted by Gasteiger charge is 2.69. The molecule has 0 radical (unpaired) electrons. The first-order chi connectivity index (χ1) is 16.8. The highest BCUT2D eigenvalue weighted by atomic mass is 32.2. The van der Waals surface area contributed by atoms with Crippen LogP contribution in [0.2, 0.25) is 0 Å². The molecule has 36 heavy (non-hydrogen) atoms. The van der Waals surface area contributed by atoms with Gasteiger partial charge in [-0.3, -0.25) is 14.4 Å². The summed E-state index contributed by atoms with van der Waals surface area (Å²) in [5.74, 6) is -1.03. The number of likely N-dealkylation sites (tertiary alicyclic amines) is 1. The molecule has 1 aromatic carbocycles. The monoisotopic (exact) mass is 519 g/mol. The maximum Gasteiger partial charge on any atom is 0.249 e. The number of aliphatic hydroxyl groups is 1. The highest BCUT2D eigenvalue weighted by Crippen LogP contribution is 2.64. The zero-order chi connectivity index (χ0) is 26.2. The summed E-state index contributed by atoms with van der Waals surface area (Å²) in [4.78, 5) is 15.7. The molecule has 0 spiro atoms. The van der Waals surface area contributed by atoms with Crippen LogP contribution in [-0.4, -0.2) is 71.6 Å². The van der Waals surface area contributed by atoms with E-state index in [0.29, 0.717) is 30.9 Å². The Kier molecular flexibility index (Phi) is 5.89. The third kappa shape index (κ3) is 3.80. The van der Waals surface area contributed by atoms with Gasteiger partial charge in [0.2, 0.25) is 15.9 Å². The molecular formula is C26H37N3O6S. The fourth-order valence-electron chi connectivity index (χ4n) is 7.14. The van der Waals surface area contributed by atoms with Gasteiger partial charge in [-0.2, -0.15) is 0 Å². The molecule has 2 fully saturated rings. The summed E-state index contributed by atoms with van der Waals surface area (Å²) >= 11 is 0. The predicted octanol–water partition coefficient (Wildman–Crippen LogP) is 1.47. The zero-order valence-corrected chi connectivity index (χ0v) is 22.2. The second-order valence-electron chi connectivity index (χ2n) is 11.6. The van der Waals surface area contributed by atoms with Crippen LogP contribution in [0.15, 0.2) is 23.4 Å². The Morgan fingerprint density at radius 1 is 1.25 bits per heavy atom. The van der Waals surface area contributed by atoms with E-state index in [1.165, 1.54) is 18.9 Å². The van der Waals surface area contributed by atoms with Gasteiger partial charge >= 0.3 is 0 Å². The van der Waals surface area contributed by atoms with Gasteiger partial charge in [0.05, 0.1) is 11.9 Å². The number of aromatic hydroxyl groups is 2. The Hall–Kier alpha value is -2.30. The van der Waals surface area contributed by atoms with Crippen molar-refractivity contribution >= 4 is 15.9 Å². The Balaban J connectivity index is 1.76. The van der Waals surface area contributed by atoms with Crippen molar-refractivity contribution in [2.45, 2.75) is 76.0 Å². The van der Waals surface area contributed by atoms with Gasteiger partial charge in [-0.05, 0) is 63.6 Å². The number of piperidine rings is 1. The number of fused-ring (bicyclic) bond motifs is 1. The summed E-state index contributed by atoms with van der Waals surface area (Å²) in [6.45, 7) is 7.00. The molecule has 1 heterocycles. The molecule has 3 aliphatic carbocycles. The molecule has 2 bridgehead atoms. The van der Waals surface area contributed by atoms with Crippen molar-refractivity contribution in [3.05, 3.63) is 34.5 Å². The van der Waals surface area contributed by atoms with E-state index in [0.717, 1.165) is 18.4 Å². The van der Waals surface area contributed by atoms with Crippen LogP contribution in [0.1, 0.15) is 57.6 Å². The molecule has 10 heteroatoms. The number of sulfonamides is 1. The maximum atomic E-state index is 13.4. The number of hydrogen-bond donors (Lipinski definition) is 5. The number of phenols is 2. The topological polar surface area (TPSA) is 139 Å². The number of nitrogens with zero attached hydrogens (tertiary/aromatic N) is 1. The van der Waals surface area contributed by atoms with Crippen LogP contribution in [0, 0.1) is 11.8 Å². The molecule has 5 N–H and O–H groups in total. The van der Waals surface area contributed by atoms with E-state index in [1.807, 2.05) is 20.8 Å². The van der Waals surface area contributed by atoms with Gasteiger partial charge in [0.15, 0.2) is 11.5 Å². The van der Waals surface area contributed by atoms with Crippen LogP contribution in [0.25, 0.3) is 0 Å². The normalized spacial score (nSPS) is 32.2. The van der Waals surface area contributed by atoms with Crippen LogP contribution in [0.5, 0.6) is 11.5 Å². The number of allylic oxidation sites excluding steroid dienone is 1. The summed E-state index contributed by atoms with van der Waals surface area (Å²) in [6.07, 6.45) is 4.23. The molecule has 1 saturated heterocycles. The summed E-state index contributed by atoms with van der Waals surface area (Å²) < 4.78 is 27.5. The lowest BCUT2D eigenvalue weighted by Crippen LogP contribution is -2.75. The Bertz CT molecular complexity index is 1240. The second-order valence-corrected chi connectivity index (χ2v) is 13.3. The van der Waals surface area contributed by atoms with Crippen molar-refractivity contribution in [2.75, 3.05) is 19.3 Å². The molecule has 0 aromatic heterocycles. The first-order valence-electron chi connectivity index (χ1n) is 12.8. The van der Waals surface area contributed by atoms with Crippen LogP contribution >= 0.6 is 0 Å². The van der Waals surface area contributed by atoms with Crippen LogP contribution in [0.4, 0.5) is 0 Å². The minimum absolute atomic E-state index is 0.0614. The lowest BCUT2D eigenvalue weighted by molar-refractivity contribution is -0.167. The Morgan fingerprint density at radius 2 is 1.94 bits per heavy atom. The van der Waals surface area contributed by atoms with Gasteiger partial charge < -0.3 is 20.6 Å². The Morgan fingerprint density at radius 3 is 2.56 bits per heavy atom. The number of hydrogen-bond acceptors (Lipinski definition) is 7. The lowest BCUT2D eigenvalue weighted by Gasteiger charge is -2.66. The predicted molar refractivity (Wildman–Crippen MR) is 135 cm³/mol. The quantitative estimate of drug-likeness (QED) is 0.359. The standard InChI is InChI=1S/C26H37N3O6S/c1-14(2)27-24(32)18-12-26(33)20-11-17-7-8-19(30)23(31)21(17)25(26,9-10-29(20)13-16-5-6-16)15(3)22(18)28-36(4,34)35/h7-8,14-16,20,28,30-31,33H,5-6,9-13H2,1-4H3,(H,27,32)/t15-,20+,25+,26+/m0/s1. The molecule has 1 amide bonds. The molecule has 9 nitrogen and oxygen atoms in total. The smallest absolute Gasteiger partial charge is 0.249 e. The average molecular weight is 520 g/mol. The first kappa shape index (κ1) is 25.4. The van der Waals surface area contributed by atoms with E-state index in [1.54, 1.807) is 6.07 Å². The molecule has 5 rings (SSSR count). The largest absolute Gasteiger partial charge is 0.504 e. The summed E-state index contributed by atoms with van der Waals surface area (Å²) in [7, 11) is -3.75. The third-order valence-corrected chi connectivity index (χ3v) is 9.37. The van der Waals surface area contributed by atoms with E-state index in [4.69, 9.17) is 0 Å². The number of phenolic OH excluding ortho intramolecular Hbond substituents is 2. The van der Waals surface area contributed by atoms with Crippen molar-refractivity contribution in [2.24, 2.45) is 11.8 Å².